The molecule has 0 radical (unpaired) electrons. The van der Waals surface area contributed by atoms with E-state index in [4.69, 9.17) is 0 Å². The fourth-order valence-corrected chi connectivity index (χ4v) is 2.70. The molecule has 4 nitrogen and oxygen atoms in total. The van der Waals surface area contributed by atoms with Gasteiger partial charge >= 0.3 is 0 Å². The van der Waals surface area contributed by atoms with E-state index in [1.807, 2.05) is 36.1 Å². The molecule has 1 heterocycles. The first-order valence-electron chi connectivity index (χ1n) is 8.86. The average molecular weight is 329 g/mol. The first-order valence-corrected chi connectivity index (χ1v) is 8.86. The summed E-state index contributed by atoms with van der Waals surface area (Å²) < 4.78 is 0. The SMILES string of the molecule is C/C=C/CN1CCN(C(=O)c2ccc(CNC(C)(C)C)cc2)CC1. The van der Waals surface area contributed by atoms with Crippen LogP contribution in [0.4, 0.5) is 0 Å². The summed E-state index contributed by atoms with van der Waals surface area (Å²) in [6, 6.07) is 8.00. The summed E-state index contributed by atoms with van der Waals surface area (Å²) in [6.45, 7) is 13.8. The molecule has 2 rings (SSSR count). The summed E-state index contributed by atoms with van der Waals surface area (Å²) in [5.41, 5.74) is 2.09. The molecule has 1 aliphatic heterocycles. The van der Waals surface area contributed by atoms with Crippen molar-refractivity contribution in [3.05, 3.63) is 47.5 Å². The molecule has 1 saturated heterocycles. The van der Waals surface area contributed by atoms with Crippen LogP contribution in [0, 0.1) is 0 Å². The van der Waals surface area contributed by atoms with Crippen molar-refractivity contribution < 1.29 is 4.79 Å². The third kappa shape index (κ3) is 5.77. The minimum atomic E-state index is 0.0983. The summed E-state index contributed by atoms with van der Waals surface area (Å²) >= 11 is 0. The third-order valence-electron chi connectivity index (χ3n) is 4.28. The van der Waals surface area contributed by atoms with E-state index >= 15 is 0 Å². The number of carbonyl (C=O) groups is 1. The van der Waals surface area contributed by atoms with Crippen molar-refractivity contribution in [1.82, 2.24) is 15.1 Å². The lowest BCUT2D eigenvalue weighted by Gasteiger charge is -2.34. The van der Waals surface area contributed by atoms with Gasteiger partial charge in [0.05, 0.1) is 0 Å². The van der Waals surface area contributed by atoms with E-state index in [2.05, 4.69) is 43.1 Å². The number of nitrogens with zero attached hydrogens (tertiary/aromatic N) is 2. The fourth-order valence-electron chi connectivity index (χ4n) is 2.70. The van der Waals surface area contributed by atoms with Crippen LogP contribution in [0.1, 0.15) is 43.6 Å². The van der Waals surface area contributed by atoms with Crippen LogP contribution in [0.25, 0.3) is 0 Å². The van der Waals surface area contributed by atoms with Crippen LogP contribution in [0.15, 0.2) is 36.4 Å². The van der Waals surface area contributed by atoms with Gasteiger partial charge in [0.2, 0.25) is 0 Å². The molecule has 0 bridgehead atoms. The Morgan fingerprint density at radius 2 is 1.75 bits per heavy atom. The van der Waals surface area contributed by atoms with Crippen LogP contribution in [0.3, 0.4) is 0 Å². The van der Waals surface area contributed by atoms with Gasteiger partial charge < -0.3 is 10.2 Å². The lowest BCUT2D eigenvalue weighted by atomic mass is 10.1. The Bertz CT molecular complexity index is 549. The topological polar surface area (TPSA) is 35.6 Å². The van der Waals surface area contributed by atoms with Crippen molar-refractivity contribution in [3.63, 3.8) is 0 Å². The highest BCUT2D eigenvalue weighted by Crippen LogP contribution is 2.11. The molecular weight excluding hydrogens is 298 g/mol. The van der Waals surface area contributed by atoms with Crippen LogP contribution < -0.4 is 5.32 Å². The predicted molar refractivity (Wildman–Crippen MR) is 100 cm³/mol. The number of hydrogen-bond acceptors (Lipinski definition) is 3. The molecule has 132 valence electrons. The number of nitrogens with one attached hydrogen (secondary N) is 1. The first kappa shape index (κ1) is 18.7. The number of benzene rings is 1. The number of hydrogen-bond donors (Lipinski definition) is 1. The maximum Gasteiger partial charge on any atom is 0.253 e. The number of rotatable bonds is 5. The summed E-state index contributed by atoms with van der Waals surface area (Å²) in [6.07, 6.45) is 4.25. The molecule has 0 aliphatic carbocycles. The molecule has 0 saturated carbocycles. The zero-order valence-corrected chi connectivity index (χ0v) is 15.5. The molecule has 1 fully saturated rings. The Kier molecular flexibility index (Phi) is 6.58. The van der Waals surface area contributed by atoms with Gasteiger partial charge in [-0.1, -0.05) is 24.3 Å². The number of piperazine rings is 1. The van der Waals surface area contributed by atoms with Crippen molar-refractivity contribution in [2.24, 2.45) is 0 Å². The van der Waals surface area contributed by atoms with Gasteiger partial charge in [-0.15, -0.1) is 0 Å². The molecule has 0 spiro atoms. The molecule has 0 aromatic heterocycles. The minimum Gasteiger partial charge on any atom is -0.336 e. The van der Waals surface area contributed by atoms with Gasteiger partial charge in [-0.05, 0) is 45.4 Å². The lowest BCUT2D eigenvalue weighted by Crippen LogP contribution is -2.48. The summed E-state index contributed by atoms with van der Waals surface area (Å²) in [7, 11) is 0. The predicted octanol–water partition coefficient (Wildman–Crippen LogP) is 2.91. The standard InChI is InChI=1S/C20H31N3O/c1-5-6-11-22-12-14-23(15-13-22)19(24)18-9-7-17(8-10-18)16-21-20(2,3)4/h5-10,21H,11-16H2,1-4H3/b6-5+. The molecule has 4 heteroatoms. The van der Waals surface area contributed by atoms with Gasteiger partial charge in [-0.2, -0.15) is 0 Å². The highest BCUT2D eigenvalue weighted by Gasteiger charge is 2.21. The van der Waals surface area contributed by atoms with Crippen LogP contribution >= 0.6 is 0 Å². The second-order valence-corrected chi connectivity index (χ2v) is 7.46. The number of allylic oxidation sites excluding steroid dienone is 1. The largest absolute Gasteiger partial charge is 0.336 e. The Labute approximate surface area is 146 Å². The van der Waals surface area contributed by atoms with E-state index in [9.17, 15) is 4.79 Å². The van der Waals surface area contributed by atoms with E-state index < -0.39 is 0 Å². The lowest BCUT2D eigenvalue weighted by molar-refractivity contribution is 0.0650. The van der Waals surface area contributed by atoms with E-state index in [0.717, 1.165) is 44.8 Å². The summed E-state index contributed by atoms with van der Waals surface area (Å²) in [5, 5.41) is 3.47. The molecule has 1 N–H and O–H groups in total. The molecule has 24 heavy (non-hydrogen) atoms. The highest BCUT2D eigenvalue weighted by atomic mass is 16.2. The zero-order valence-electron chi connectivity index (χ0n) is 15.5. The Hall–Kier alpha value is -1.65. The van der Waals surface area contributed by atoms with Crippen LogP contribution in [0.2, 0.25) is 0 Å². The molecule has 0 unspecified atom stereocenters. The molecule has 0 atom stereocenters. The Morgan fingerprint density at radius 1 is 1.12 bits per heavy atom. The highest BCUT2D eigenvalue weighted by molar-refractivity contribution is 5.94. The molecular formula is C20H31N3O. The average Bonchev–Trinajstić information content (AvgIpc) is 2.58. The van der Waals surface area contributed by atoms with Gasteiger partial charge in [0.1, 0.15) is 0 Å². The molecule has 1 aromatic rings. The van der Waals surface area contributed by atoms with Gasteiger partial charge in [-0.25, -0.2) is 0 Å². The Balaban J connectivity index is 1.87. The maximum absolute atomic E-state index is 12.6. The first-order chi connectivity index (χ1) is 11.4. The normalized spacial score (nSPS) is 16.8. The van der Waals surface area contributed by atoms with Gasteiger partial charge in [-0.3, -0.25) is 9.69 Å². The van der Waals surface area contributed by atoms with Gasteiger partial charge in [0.25, 0.3) is 5.91 Å². The van der Waals surface area contributed by atoms with E-state index in [0.29, 0.717) is 0 Å². The smallest absolute Gasteiger partial charge is 0.253 e. The van der Waals surface area contributed by atoms with Crippen LogP contribution in [-0.4, -0.2) is 54.0 Å². The number of amides is 1. The van der Waals surface area contributed by atoms with Crippen molar-refractivity contribution >= 4 is 5.91 Å². The fraction of sp³-hybridized carbons (Fsp3) is 0.550. The Morgan fingerprint density at radius 3 is 2.29 bits per heavy atom. The number of carbonyl (C=O) groups excluding carboxylic acids is 1. The van der Waals surface area contributed by atoms with Gasteiger partial charge in [0, 0.05) is 50.4 Å². The summed E-state index contributed by atoms with van der Waals surface area (Å²) in [4.78, 5) is 17.0. The molecule has 1 aromatic carbocycles. The van der Waals surface area contributed by atoms with Crippen molar-refractivity contribution in [3.8, 4) is 0 Å². The van der Waals surface area contributed by atoms with E-state index in [-0.39, 0.29) is 11.4 Å². The van der Waals surface area contributed by atoms with Crippen LogP contribution in [-0.2, 0) is 6.54 Å². The summed E-state index contributed by atoms with van der Waals surface area (Å²) in [5.74, 6) is 0.149. The zero-order chi connectivity index (χ0) is 17.6. The van der Waals surface area contributed by atoms with Crippen molar-refractivity contribution in [1.29, 1.82) is 0 Å². The van der Waals surface area contributed by atoms with Crippen molar-refractivity contribution in [2.75, 3.05) is 32.7 Å². The molecule has 1 amide bonds. The third-order valence-corrected chi connectivity index (χ3v) is 4.28. The monoisotopic (exact) mass is 329 g/mol. The van der Waals surface area contributed by atoms with Crippen LogP contribution in [0.5, 0.6) is 0 Å². The molecule has 1 aliphatic rings. The minimum absolute atomic E-state index is 0.0983. The van der Waals surface area contributed by atoms with E-state index in [1.165, 1.54) is 5.56 Å². The van der Waals surface area contributed by atoms with Gasteiger partial charge in [0.15, 0.2) is 0 Å². The van der Waals surface area contributed by atoms with Crippen molar-refractivity contribution in [2.45, 2.75) is 39.8 Å². The van der Waals surface area contributed by atoms with E-state index in [1.54, 1.807) is 0 Å². The maximum atomic E-state index is 12.6. The quantitative estimate of drug-likeness (QED) is 0.844. The second-order valence-electron chi connectivity index (χ2n) is 7.46. The second kappa shape index (κ2) is 8.45.